The third kappa shape index (κ3) is 4.79. The number of ketones is 1. The van der Waals surface area contributed by atoms with Crippen molar-refractivity contribution in [3.63, 3.8) is 0 Å². The summed E-state index contributed by atoms with van der Waals surface area (Å²) in [6, 6.07) is 17.3. The lowest BCUT2D eigenvalue weighted by Gasteiger charge is -2.33. The first-order valence-corrected chi connectivity index (χ1v) is 9.19. The lowest BCUT2D eigenvalue weighted by molar-refractivity contribution is -0.0255. The zero-order valence-electron chi connectivity index (χ0n) is 15.2. The Bertz CT molecular complexity index is 740. The third-order valence-electron chi connectivity index (χ3n) is 4.80. The molecule has 0 radical (unpaired) electrons. The van der Waals surface area contributed by atoms with Gasteiger partial charge in [-0.1, -0.05) is 42.5 Å². The molecule has 1 aliphatic rings. The highest BCUT2D eigenvalue weighted by Gasteiger charge is 2.24. The number of carbonyl (C=O) groups excluding carboxylic acids is 2. The summed E-state index contributed by atoms with van der Waals surface area (Å²) in [5, 5.41) is 0. The van der Waals surface area contributed by atoms with Gasteiger partial charge in [-0.05, 0) is 43.9 Å². The van der Waals surface area contributed by atoms with Gasteiger partial charge >= 0.3 is 0 Å². The molecule has 1 fully saturated rings. The average molecular weight is 351 g/mol. The molecule has 1 amide bonds. The average Bonchev–Trinajstić information content (AvgIpc) is 2.68. The van der Waals surface area contributed by atoms with Crippen molar-refractivity contribution < 1.29 is 14.3 Å². The number of carbonyl (C=O) groups is 2. The number of Topliss-reactive ketones (excluding diaryl/α,β-unsaturated/α-hetero) is 1. The van der Waals surface area contributed by atoms with Crippen molar-refractivity contribution >= 4 is 11.7 Å². The van der Waals surface area contributed by atoms with E-state index in [1.54, 1.807) is 24.3 Å². The van der Waals surface area contributed by atoms with E-state index in [-0.39, 0.29) is 17.8 Å². The monoisotopic (exact) mass is 351 g/mol. The zero-order valence-corrected chi connectivity index (χ0v) is 15.2. The van der Waals surface area contributed by atoms with Gasteiger partial charge in [-0.3, -0.25) is 9.59 Å². The molecule has 2 aromatic carbocycles. The van der Waals surface area contributed by atoms with E-state index in [0.29, 0.717) is 30.8 Å². The first-order chi connectivity index (χ1) is 12.6. The van der Waals surface area contributed by atoms with E-state index in [1.165, 1.54) is 12.5 Å². The molecule has 0 aliphatic carbocycles. The summed E-state index contributed by atoms with van der Waals surface area (Å²) in [7, 11) is 0. The van der Waals surface area contributed by atoms with Gasteiger partial charge in [0.1, 0.15) is 0 Å². The summed E-state index contributed by atoms with van der Waals surface area (Å²) >= 11 is 0. The lowest BCUT2D eigenvalue weighted by atomic mass is 10.0. The predicted molar refractivity (Wildman–Crippen MR) is 101 cm³/mol. The van der Waals surface area contributed by atoms with Crippen molar-refractivity contribution in [2.24, 2.45) is 0 Å². The SMILES string of the molecule is CC(=O)c1ccc(C(=O)N2CCO[C@@H](CCCc3ccccc3)C2)cc1. The van der Waals surface area contributed by atoms with Crippen molar-refractivity contribution in [2.75, 3.05) is 19.7 Å². The van der Waals surface area contributed by atoms with Crippen molar-refractivity contribution in [3.05, 3.63) is 71.3 Å². The number of aryl methyl sites for hydroxylation is 1. The van der Waals surface area contributed by atoms with Crippen LogP contribution >= 0.6 is 0 Å². The number of ether oxygens (including phenoxy) is 1. The van der Waals surface area contributed by atoms with Crippen molar-refractivity contribution in [1.29, 1.82) is 0 Å². The van der Waals surface area contributed by atoms with Gasteiger partial charge in [-0.15, -0.1) is 0 Å². The van der Waals surface area contributed by atoms with Gasteiger partial charge in [0.05, 0.1) is 12.7 Å². The fourth-order valence-corrected chi connectivity index (χ4v) is 3.29. The molecule has 26 heavy (non-hydrogen) atoms. The second-order valence-corrected chi connectivity index (χ2v) is 6.76. The molecule has 0 unspecified atom stereocenters. The standard InChI is InChI=1S/C22H25NO3/c1-17(24)19-10-12-20(13-11-19)22(25)23-14-15-26-21(16-23)9-5-8-18-6-3-2-4-7-18/h2-4,6-7,10-13,21H,5,8-9,14-16H2,1H3/t21-/m0/s1. The Kier molecular flexibility index (Phi) is 6.18. The molecule has 0 spiro atoms. The number of amides is 1. The normalized spacial score (nSPS) is 17.1. The molecule has 0 N–H and O–H groups in total. The summed E-state index contributed by atoms with van der Waals surface area (Å²) in [6.45, 7) is 3.34. The fourth-order valence-electron chi connectivity index (χ4n) is 3.29. The largest absolute Gasteiger partial charge is 0.375 e. The number of hydrogen-bond donors (Lipinski definition) is 0. The smallest absolute Gasteiger partial charge is 0.254 e. The Balaban J connectivity index is 1.52. The quantitative estimate of drug-likeness (QED) is 0.745. The number of rotatable bonds is 6. The van der Waals surface area contributed by atoms with E-state index >= 15 is 0 Å². The third-order valence-corrected chi connectivity index (χ3v) is 4.80. The summed E-state index contributed by atoms with van der Waals surface area (Å²) < 4.78 is 5.84. The van der Waals surface area contributed by atoms with Crippen LogP contribution in [0.15, 0.2) is 54.6 Å². The van der Waals surface area contributed by atoms with Gasteiger partial charge in [0.2, 0.25) is 0 Å². The molecule has 0 saturated carbocycles. The molecular weight excluding hydrogens is 326 g/mol. The van der Waals surface area contributed by atoms with Crippen LogP contribution in [0, 0.1) is 0 Å². The summed E-state index contributed by atoms with van der Waals surface area (Å²) in [5.74, 6) is 0.0188. The Labute approximate surface area is 154 Å². The van der Waals surface area contributed by atoms with Crippen LogP contribution < -0.4 is 0 Å². The number of morpholine rings is 1. The maximum absolute atomic E-state index is 12.7. The van der Waals surface area contributed by atoms with Crippen LogP contribution in [0.2, 0.25) is 0 Å². The second-order valence-electron chi connectivity index (χ2n) is 6.76. The Morgan fingerprint density at radius 3 is 2.42 bits per heavy atom. The van der Waals surface area contributed by atoms with Gasteiger partial charge in [0.25, 0.3) is 5.91 Å². The molecule has 4 nitrogen and oxygen atoms in total. The fraction of sp³-hybridized carbons (Fsp3) is 0.364. The van der Waals surface area contributed by atoms with E-state index in [2.05, 4.69) is 24.3 Å². The molecule has 1 atom stereocenters. The first kappa shape index (κ1) is 18.3. The highest BCUT2D eigenvalue weighted by atomic mass is 16.5. The van der Waals surface area contributed by atoms with Gasteiger partial charge in [-0.2, -0.15) is 0 Å². The Morgan fingerprint density at radius 2 is 1.73 bits per heavy atom. The van der Waals surface area contributed by atoms with Crippen LogP contribution in [0.4, 0.5) is 0 Å². The first-order valence-electron chi connectivity index (χ1n) is 9.19. The molecule has 1 aliphatic heterocycles. The lowest BCUT2D eigenvalue weighted by Crippen LogP contribution is -2.45. The molecular formula is C22H25NO3. The van der Waals surface area contributed by atoms with E-state index in [0.717, 1.165) is 19.3 Å². The van der Waals surface area contributed by atoms with Gasteiger partial charge in [0, 0.05) is 24.2 Å². The van der Waals surface area contributed by atoms with Crippen molar-refractivity contribution in [1.82, 2.24) is 4.90 Å². The van der Waals surface area contributed by atoms with Gasteiger partial charge < -0.3 is 9.64 Å². The summed E-state index contributed by atoms with van der Waals surface area (Å²) in [5.41, 5.74) is 2.59. The van der Waals surface area contributed by atoms with Crippen LogP contribution in [0.5, 0.6) is 0 Å². The molecule has 4 heteroatoms. The molecule has 1 saturated heterocycles. The minimum absolute atomic E-state index is 0.00820. The van der Waals surface area contributed by atoms with Gasteiger partial charge in [-0.25, -0.2) is 0 Å². The second kappa shape index (κ2) is 8.77. The highest BCUT2D eigenvalue weighted by Crippen LogP contribution is 2.16. The minimum atomic E-state index is 0.00820. The summed E-state index contributed by atoms with van der Waals surface area (Å²) in [4.78, 5) is 25.9. The minimum Gasteiger partial charge on any atom is -0.375 e. The van der Waals surface area contributed by atoms with Crippen molar-refractivity contribution in [3.8, 4) is 0 Å². The molecule has 0 bridgehead atoms. The molecule has 136 valence electrons. The van der Waals surface area contributed by atoms with Crippen molar-refractivity contribution in [2.45, 2.75) is 32.3 Å². The zero-order chi connectivity index (χ0) is 18.4. The number of benzene rings is 2. The van der Waals surface area contributed by atoms with Crippen LogP contribution in [0.3, 0.4) is 0 Å². The molecule has 1 heterocycles. The van der Waals surface area contributed by atoms with E-state index in [4.69, 9.17) is 4.74 Å². The Hall–Kier alpha value is -2.46. The van der Waals surface area contributed by atoms with E-state index in [1.807, 2.05) is 11.0 Å². The predicted octanol–water partition coefficient (Wildman–Crippen LogP) is 3.75. The molecule has 0 aromatic heterocycles. The van der Waals surface area contributed by atoms with Gasteiger partial charge in [0.15, 0.2) is 5.78 Å². The van der Waals surface area contributed by atoms with E-state index in [9.17, 15) is 9.59 Å². The van der Waals surface area contributed by atoms with E-state index < -0.39 is 0 Å². The molecule has 3 rings (SSSR count). The topological polar surface area (TPSA) is 46.6 Å². The van der Waals surface area contributed by atoms with Crippen LogP contribution in [0.25, 0.3) is 0 Å². The van der Waals surface area contributed by atoms with Crippen LogP contribution in [-0.2, 0) is 11.2 Å². The van der Waals surface area contributed by atoms with Crippen LogP contribution in [-0.4, -0.2) is 42.4 Å². The number of hydrogen-bond acceptors (Lipinski definition) is 3. The molecule has 2 aromatic rings. The maximum Gasteiger partial charge on any atom is 0.254 e. The summed E-state index contributed by atoms with van der Waals surface area (Å²) in [6.07, 6.45) is 3.11. The number of nitrogens with zero attached hydrogens (tertiary/aromatic N) is 1. The Morgan fingerprint density at radius 1 is 1.04 bits per heavy atom. The highest BCUT2D eigenvalue weighted by molar-refractivity contribution is 5.97. The van der Waals surface area contributed by atoms with Crippen LogP contribution in [0.1, 0.15) is 46.0 Å². The maximum atomic E-state index is 12.7.